The van der Waals surface area contributed by atoms with E-state index in [1.54, 1.807) is 7.11 Å². The van der Waals surface area contributed by atoms with Gasteiger partial charge >= 0.3 is 0 Å². The van der Waals surface area contributed by atoms with E-state index >= 15 is 0 Å². The molecule has 0 unspecified atom stereocenters. The lowest BCUT2D eigenvalue weighted by atomic mass is 10.1. The van der Waals surface area contributed by atoms with Crippen LogP contribution < -0.4 is 15.0 Å². The number of aryl methyl sites for hydroxylation is 1. The maximum atomic E-state index is 12.1. The molecule has 1 aromatic heterocycles. The third kappa shape index (κ3) is 5.78. The molecule has 0 aliphatic heterocycles. The summed E-state index contributed by atoms with van der Waals surface area (Å²) in [5.41, 5.74) is 2.19. The number of aromatic nitrogens is 1. The molecule has 0 atom stereocenters. The van der Waals surface area contributed by atoms with E-state index in [0.717, 1.165) is 35.8 Å². The van der Waals surface area contributed by atoms with Crippen molar-refractivity contribution in [3.8, 4) is 5.75 Å². The number of rotatable bonds is 9. The van der Waals surface area contributed by atoms with Crippen LogP contribution in [0, 0.1) is 0 Å². The number of anilines is 1. The molecule has 0 radical (unpaired) electrons. The van der Waals surface area contributed by atoms with Crippen molar-refractivity contribution >= 4 is 11.7 Å². The van der Waals surface area contributed by atoms with Gasteiger partial charge in [0.05, 0.1) is 7.11 Å². The highest BCUT2D eigenvalue weighted by atomic mass is 16.5. The fraction of sp³-hybridized carbons (Fsp3) is 0.400. The summed E-state index contributed by atoms with van der Waals surface area (Å²) in [6, 6.07) is 11.8. The number of nitrogens with zero attached hydrogens (tertiary/aromatic N) is 2. The predicted octanol–water partition coefficient (Wildman–Crippen LogP) is 3.19. The number of hydrogen-bond donors (Lipinski definition) is 1. The van der Waals surface area contributed by atoms with Gasteiger partial charge in [0.1, 0.15) is 11.6 Å². The second-order valence-corrected chi connectivity index (χ2v) is 5.82. The van der Waals surface area contributed by atoms with Gasteiger partial charge in [0.25, 0.3) is 0 Å². The summed E-state index contributed by atoms with van der Waals surface area (Å²) in [7, 11) is 1.64. The lowest BCUT2D eigenvalue weighted by molar-refractivity contribution is -0.121. The van der Waals surface area contributed by atoms with Crippen LogP contribution >= 0.6 is 0 Å². The van der Waals surface area contributed by atoms with E-state index in [9.17, 15) is 4.79 Å². The number of nitrogens with one attached hydrogen (secondary N) is 1. The van der Waals surface area contributed by atoms with Gasteiger partial charge in [-0.15, -0.1) is 0 Å². The molecule has 2 aromatic rings. The monoisotopic (exact) mass is 341 g/mol. The van der Waals surface area contributed by atoms with Crippen LogP contribution in [0.1, 0.15) is 31.4 Å². The van der Waals surface area contributed by atoms with Crippen molar-refractivity contribution in [1.29, 1.82) is 0 Å². The Kier molecular flexibility index (Phi) is 7.26. The van der Waals surface area contributed by atoms with Gasteiger partial charge in [-0.3, -0.25) is 4.79 Å². The third-order valence-corrected chi connectivity index (χ3v) is 4.19. The molecule has 0 fully saturated rings. The van der Waals surface area contributed by atoms with Crippen LogP contribution in [0.15, 0.2) is 42.6 Å². The number of hydrogen-bond acceptors (Lipinski definition) is 4. The van der Waals surface area contributed by atoms with Crippen molar-refractivity contribution in [3.05, 3.63) is 53.7 Å². The van der Waals surface area contributed by atoms with Crippen molar-refractivity contribution < 1.29 is 9.53 Å². The molecule has 0 aliphatic carbocycles. The summed E-state index contributed by atoms with van der Waals surface area (Å²) in [5.74, 6) is 1.84. The van der Waals surface area contributed by atoms with Crippen LogP contribution in [0.3, 0.4) is 0 Å². The van der Waals surface area contributed by atoms with Crippen LogP contribution in [0.5, 0.6) is 5.75 Å². The van der Waals surface area contributed by atoms with Crippen LogP contribution in [0.2, 0.25) is 0 Å². The van der Waals surface area contributed by atoms with Crippen molar-refractivity contribution in [2.24, 2.45) is 0 Å². The molecule has 1 amide bonds. The highest BCUT2D eigenvalue weighted by molar-refractivity contribution is 5.76. The van der Waals surface area contributed by atoms with Crippen molar-refractivity contribution in [3.63, 3.8) is 0 Å². The van der Waals surface area contributed by atoms with Crippen LogP contribution in [0.25, 0.3) is 0 Å². The molecule has 1 heterocycles. The summed E-state index contributed by atoms with van der Waals surface area (Å²) >= 11 is 0. The Labute approximate surface area is 150 Å². The minimum atomic E-state index is 0.0528. The molecule has 0 saturated heterocycles. The van der Waals surface area contributed by atoms with Gasteiger partial charge in [-0.1, -0.05) is 12.1 Å². The first kappa shape index (κ1) is 18.8. The highest BCUT2D eigenvalue weighted by Gasteiger charge is 2.06. The van der Waals surface area contributed by atoms with Crippen LogP contribution in [0.4, 0.5) is 5.82 Å². The van der Waals surface area contributed by atoms with Gasteiger partial charge in [-0.05, 0) is 55.7 Å². The summed E-state index contributed by atoms with van der Waals surface area (Å²) in [6.07, 6.45) is 3.00. The van der Waals surface area contributed by atoms with E-state index < -0.39 is 0 Å². The van der Waals surface area contributed by atoms with E-state index in [-0.39, 0.29) is 5.91 Å². The van der Waals surface area contributed by atoms with Gasteiger partial charge in [0.15, 0.2) is 0 Å². The lowest BCUT2D eigenvalue weighted by Crippen LogP contribution is -2.24. The van der Waals surface area contributed by atoms with Gasteiger partial charge in [0, 0.05) is 32.3 Å². The smallest absolute Gasteiger partial charge is 0.220 e. The number of methoxy groups -OCH3 is 1. The Morgan fingerprint density at radius 2 is 1.84 bits per heavy atom. The predicted molar refractivity (Wildman–Crippen MR) is 101 cm³/mol. The minimum absolute atomic E-state index is 0.0528. The fourth-order valence-electron chi connectivity index (χ4n) is 2.63. The van der Waals surface area contributed by atoms with Crippen LogP contribution in [-0.4, -0.2) is 31.1 Å². The molecule has 5 nitrogen and oxygen atoms in total. The van der Waals surface area contributed by atoms with E-state index in [1.165, 1.54) is 0 Å². The average molecular weight is 341 g/mol. The molecular formula is C20H27N3O2. The second kappa shape index (κ2) is 9.67. The topological polar surface area (TPSA) is 54.5 Å². The Bertz CT molecular complexity index is 667. The standard InChI is InChI=1S/C20H27N3O2/c1-4-23(5-2)19-14-16(12-13-21-19)8-11-20(24)22-15-17-6-9-18(25-3)10-7-17/h6-7,9-10,12-14H,4-5,8,11,15H2,1-3H3,(H,22,24). The molecule has 2 rings (SSSR count). The van der Waals surface area contributed by atoms with E-state index in [1.807, 2.05) is 36.5 Å². The number of carbonyl (C=O) groups is 1. The Morgan fingerprint density at radius 1 is 1.12 bits per heavy atom. The zero-order valence-corrected chi connectivity index (χ0v) is 15.3. The van der Waals surface area contributed by atoms with E-state index in [4.69, 9.17) is 4.74 Å². The van der Waals surface area contributed by atoms with Crippen molar-refractivity contribution in [2.45, 2.75) is 33.2 Å². The number of amides is 1. The molecule has 5 heteroatoms. The Morgan fingerprint density at radius 3 is 2.48 bits per heavy atom. The van der Waals surface area contributed by atoms with Gasteiger partial charge in [-0.2, -0.15) is 0 Å². The zero-order valence-electron chi connectivity index (χ0n) is 15.3. The van der Waals surface area contributed by atoms with Gasteiger partial charge < -0.3 is 15.0 Å². The summed E-state index contributed by atoms with van der Waals surface area (Å²) in [4.78, 5) is 18.7. The maximum absolute atomic E-state index is 12.1. The largest absolute Gasteiger partial charge is 0.497 e. The summed E-state index contributed by atoms with van der Waals surface area (Å²) in [6.45, 7) is 6.61. The molecule has 1 N–H and O–H groups in total. The molecule has 0 saturated carbocycles. The molecule has 0 bridgehead atoms. The SMILES string of the molecule is CCN(CC)c1cc(CCC(=O)NCc2ccc(OC)cc2)ccn1. The maximum Gasteiger partial charge on any atom is 0.220 e. The quantitative estimate of drug-likeness (QED) is 0.761. The number of carbonyl (C=O) groups excluding carboxylic acids is 1. The lowest BCUT2D eigenvalue weighted by Gasteiger charge is -2.20. The molecule has 25 heavy (non-hydrogen) atoms. The molecule has 0 spiro atoms. The molecule has 134 valence electrons. The number of benzene rings is 1. The first-order valence-electron chi connectivity index (χ1n) is 8.75. The average Bonchev–Trinajstić information content (AvgIpc) is 2.66. The fourth-order valence-corrected chi connectivity index (χ4v) is 2.63. The summed E-state index contributed by atoms with van der Waals surface area (Å²) in [5, 5.41) is 2.96. The first-order chi connectivity index (χ1) is 12.2. The first-order valence-corrected chi connectivity index (χ1v) is 8.75. The molecule has 1 aromatic carbocycles. The van der Waals surface area contributed by atoms with E-state index in [0.29, 0.717) is 19.4 Å². The highest BCUT2D eigenvalue weighted by Crippen LogP contribution is 2.14. The van der Waals surface area contributed by atoms with Gasteiger partial charge in [-0.25, -0.2) is 4.98 Å². The summed E-state index contributed by atoms with van der Waals surface area (Å²) < 4.78 is 5.13. The number of ether oxygens (including phenoxy) is 1. The second-order valence-electron chi connectivity index (χ2n) is 5.82. The van der Waals surface area contributed by atoms with E-state index in [2.05, 4.69) is 35.1 Å². The third-order valence-electron chi connectivity index (χ3n) is 4.19. The Hall–Kier alpha value is -2.56. The van der Waals surface area contributed by atoms with Crippen molar-refractivity contribution in [2.75, 3.05) is 25.1 Å². The molecular weight excluding hydrogens is 314 g/mol. The minimum Gasteiger partial charge on any atom is -0.497 e. The Balaban J connectivity index is 1.82. The normalized spacial score (nSPS) is 10.4. The van der Waals surface area contributed by atoms with Crippen LogP contribution in [-0.2, 0) is 17.8 Å². The van der Waals surface area contributed by atoms with Crippen molar-refractivity contribution in [1.82, 2.24) is 10.3 Å². The number of pyridine rings is 1. The molecule has 0 aliphatic rings. The van der Waals surface area contributed by atoms with Gasteiger partial charge in [0.2, 0.25) is 5.91 Å². The zero-order chi connectivity index (χ0) is 18.1.